The third-order valence-electron chi connectivity index (χ3n) is 2.42. The van der Waals surface area contributed by atoms with Gasteiger partial charge in [0.05, 0.1) is 11.4 Å². The Morgan fingerprint density at radius 1 is 1.27 bits per heavy atom. The molecular formula is C12H15N3. The monoisotopic (exact) mass is 201 g/mol. The van der Waals surface area contributed by atoms with E-state index in [0.717, 1.165) is 29.2 Å². The van der Waals surface area contributed by atoms with Gasteiger partial charge in [-0.1, -0.05) is 6.92 Å². The summed E-state index contributed by atoms with van der Waals surface area (Å²) in [7, 11) is 0. The molecule has 2 aromatic heterocycles. The SMILES string of the molecule is CCc1cc(-n2nc(C)cc2C)ccn1. The van der Waals surface area contributed by atoms with E-state index in [9.17, 15) is 0 Å². The molecule has 3 nitrogen and oxygen atoms in total. The van der Waals surface area contributed by atoms with Gasteiger partial charge in [-0.05, 0) is 38.5 Å². The third kappa shape index (κ3) is 1.91. The first-order chi connectivity index (χ1) is 7.20. The molecule has 0 radical (unpaired) electrons. The molecule has 0 aromatic carbocycles. The zero-order valence-electron chi connectivity index (χ0n) is 9.36. The van der Waals surface area contributed by atoms with Crippen LogP contribution in [0.3, 0.4) is 0 Å². The summed E-state index contributed by atoms with van der Waals surface area (Å²) in [4.78, 5) is 4.28. The van der Waals surface area contributed by atoms with Crippen molar-refractivity contribution in [3.8, 4) is 5.69 Å². The fourth-order valence-corrected chi connectivity index (χ4v) is 1.68. The van der Waals surface area contributed by atoms with Gasteiger partial charge < -0.3 is 0 Å². The van der Waals surface area contributed by atoms with Crippen molar-refractivity contribution in [2.24, 2.45) is 0 Å². The van der Waals surface area contributed by atoms with E-state index in [1.165, 1.54) is 0 Å². The van der Waals surface area contributed by atoms with Crippen LogP contribution in [0, 0.1) is 13.8 Å². The molecular weight excluding hydrogens is 186 g/mol. The Hall–Kier alpha value is -1.64. The van der Waals surface area contributed by atoms with E-state index in [4.69, 9.17) is 0 Å². The smallest absolute Gasteiger partial charge is 0.0682 e. The molecule has 78 valence electrons. The van der Waals surface area contributed by atoms with Crippen LogP contribution in [0.2, 0.25) is 0 Å². The van der Waals surface area contributed by atoms with Crippen LogP contribution in [0.5, 0.6) is 0 Å². The molecule has 0 spiro atoms. The van der Waals surface area contributed by atoms with E-state index in [1.807, 2.05) is 23.9 Å². The van der Waals surface area contributed by atoms with E-state index in [1.54, 1.807) is 0 Å². The average Bonchev–Trinajstić information content (AvgIpc) is 2.58. The maximum atomic E-state index is 4.44. The molecule has 0 aliphatic heterocycles. The number of hydrogen-bond donors (Lipinski definition) is 0. The van der Waals surface area contributed by atoms with Crippen LogP contribution in [0.25, 0.3) is 5.69 Å². The van der Waals surface area contributed by atoms with Gasteiger partial charge in [0.1, 0.15) is 0 Å². The minimum Gasteiger partial charge on any atom is -0.261 e. The van der Waals surface area contributed by atoms with Gasteiger partial charge in [-0.3, -0.25) is 4.98 Å². The Balaban J connectivity index is 2.49. The zero-order valence-corrected chi connectivity index (χ0v) is 9.36. The van der Waals surface area contributed by atoms with Gasteiger partial charge in [0.2, 0.25) is 0 Å². The van der Waals surface area contributed by atoms with Crippen LogP contribution in [-0.2, 0) is 6.42 Å². The lowest BCUT2D eigenvalue weighted by Crippen LogP contribution is -2.00. The predicted octanol–water partition coefficient (Wildman–Crippen LogP) is 2.45. The van der Waals surface area contributed by atoms with E-state index < -0.39 is 0 Å². The fraction of sp³-hybridized carbons (Fsp3) is 0.333. The van der Waals surface area contributed by atoms with Crippen molar-refractivity contribution in [3.05, 3.63) is 41.5 Å². The summed E-state index contributed by atoms with van der Waals surface area (Å²) >= 11 is 0. The number of nitrogens with zero attached hydrogens (tertiary/aromatic N) is 3. The Labute approximate surface area is 89.8 Å². The lowest BCUT2D eigenvalue weighted by Gasteiger charge is -2.05. The van der Waals surface area contributed by atoms with Crippen LogP contribution in [0.1, 0.15) is 24.0 Å². The zero-order chi connectivity index (χ0) is 10.8. The Morgan fingerprint density at radius 2 is 2.07 bits per heavy atom. The topological polar surface area (TPSA) is 30.7 Å². The second-order valence-electron chi connectivity index (χ2n) is 3.70. The van der Waals surface area contributed by atoms with Crippen molar-refractivity contribution in [1.82, 2.24) is 14.8 Å². The summed E-state index contributed by atoms with van der Waals surface area (Å²) in [5.74, 6) is 0. The molecule has 0 N–H and O–H groups in total. The minimum atomic E-state index is 0.952. The minimum absolute atomic E-state index is 0.952. The van der Waals surface area contributed by atoms with Gasteiger partial charge in [-0.15, -0.1) is 0 Å². The summed E-state index contributed by atoms with van der Waals surface area (Å²) in [5, 5.41) is 4.44. The number of rotatable bonds is 2. The summed E-state index contributed by atoms with van der Waals surface area (Å²) in [6, 6.07) is 6.14. The molecule has 2 heterocycles. The summed E-state index contributed by atoms with van der Waals surface area (Å²) < 4.78 is 1.95. The Kier molecular flexibility index (Phi) is 2.54. The van der Waals surface area contributed by atoms with Crippen molar-refractivity contribution in [2.75, 3.05) is 0 Å². The van der Waals surface area contributed by atoms with Gasteiger partial charge in [-0.2, -0.15) is 5.10 Å². The molecule has 3 heteroatoms. The maximum Gasteiger partial charge on any atom is 0.0682 e. The maximum absolute atomic E-state index is 4.44. The molecule has 0 saturated carbocycles. The number of aromatic nitrogens is 3. The van der Waals surface area contributed by atoms with Crippen molar-refractivity contribution < 1.29 is 0 Å². The molecule has 0 amide bonds. The standard InChI is InChI=1S/C12H15N3/c1-4-11-8-12(5-6-13-11)15-10(3)7-9(2)14-15/h5-8H,4H2,1-3H3. The van der Waals surface area contributed by atoms with Crippen LogP contribution in [-0.4, -0.2) is 14.8 Å². The quantitative estimate of drug-likeness (QED) is 0.747. The van der Waals surface area contributed by atoms with Crippen molar-refractivity contribution >= 4 is 0 Å². The Morgan fingerprint density at radius 3 is 2.67 bits per heavy atom. The van der Waals surface area contributed by atoms with E-state index >= 15 is 0 Å². The molecule has 0 fully saturated rings. The summed E-state index contributed by atoms with van der Waals surface area (Å²) in [6.45, 7) is 6.17. The number of pyridine rings is 1. The molecule has 2 aromatic rings. The van der Waals surface area contributed by atoms with E-state index in [0.29, 0.717) is 0 Å². The van der Waals surface area contributed by atoms with E-state index in [-0.39, 0.29) is 0 Å². The van der Waals surface area contributed by atoms with Gasteiger partial charge in [0.15, 0.2) is 0 Å². The first kappa shape index (κ1) is 9.90. The third-order valence-corrected chi connectivity index (χ3v) is 2.42. The van der Waals surface area contributed by atoms with Gasteiger partial charge in [0.25, 0.3) is 0 Å². The first-order valence-corrected chi connectivity index (χ1v) is 5.19. The van der Waals surface area contributed by atoms with Crippen LogP contribution in [0.4, 0.5) is 0 Å². The van der Waals surface area contributed by atoms with Gasteiger partial charge in [-0.25, -0.2) is 4.68 Å². The first-order valence-electron chi connectivity index (χ1n) is 5.19. The summed E-state index contributed by atoms with van der Waals surface area (Å²) in [6.07, 6.45) is 2.79. The fourth-order valence-electron chi connectivity index (χ4n) is 1.68. The van der Waals surface area contributed by atoms with Crippen LogP contribution >= 0.6 is 0 Å². The largest absolute Gasteiger partial charge is 0.261 e. The molecule has 0 aliphatic rings. The summed E-state index contributed by atoms with van der Waals surface area (Å²) in [5.41, 5.74) is 4.38. The highest BCUT2D eigenvalue weighted by atomic mass is 15.3. The molecule has 0 saturated heterocycles. The molecule has 0 atom stereocenters. The molecule has 15 heavy (non-hydrogen) atoms. The second kappa shape index (κ2) is 3.85. The normalized spacial score (nSPS) is 10.6. The number of hydrogen-bond acceptors (Lipinski definition) is 2. The van der Waals surface area contributed by atoms with Crippen molar-refractivity contribution in [2.45, 2.75) is 27.2 Å². The average molecular weight is 201 g/mol. The molecule has 0 aliphatic carbocycles. The van der Waals surface area contributed by atoms with Crippen molar-refractivity contribution in [3.63, 3.8) is 0 Å². The van der Waals surface area contributed by atoms with Gasteiger partial charge in [0, 0.05) is 17.6 Å². The van der Waals surface area contributed by atoms with Crippen LogP contribution in [0.15, 0.2) is 24.4 Å². The highest BCUT2D eigenvalue weighted by Crippen LogP contribution is 2.12. The molecule has 0 bridgehead atoms. The lowest BCUT2D eigenvalue weighted by atomic mass is 10.2. The van der Waals surface area contributed by atoms with Crippen LogP contribution < -0.4 is 0 Å². The highest BCUT2D eigenvalue weighted by molar-refractivity contribution is 5.33. The number of aryl methyl sites for hydroxylation is 3. The predicted molar refractivity (Wildman–Crippen MR) is 60.2 cm³/mol. The van der Waals surface area contributed by atoms with Gasteiger partial charge >= 0.3 is 0 Å². The lowest BCUT2D eigenvalue weighted by molar-refractivity contribution is 0.826. The highest BCUT2D eigenvalue weighted by Gasteiger charge is 2.03. The van der Waals surface area contributed by atoms with E-state index in [2.05, 4.69) is 36.1 Å². The molecule has 2 rings (SSSR count). The Bertz CT molecular complexity index is 471. The van der Waals surface area contributed by atoms with Crippen molar-refractivity contribution in [1.29, 1.82) is 0 Å². The molecule has 0 unspecified atom stereocenters. The second-order valence-corrected chi connectivity index (χ2v) is 3.70.